The maximum atomic E-state index is 12.5. The molecule has 3 heterocycles. The largest absolute Gasteiger partial charge is 0.379 e. The molecule has 1 atom stereocenters. The summed E-state index contributed by atoms with van der Waals surface area (Å²) in [5.74, 6) is 0.849. The number of anilines is 1. The number of ether oxygens (including phenoxy) is 1. The molecule has 146 valence electrons. The lowest BCUT2D eigenvalue weighted by Gasteiger charge is -2.34. The summed E-state index contributed by atoms with van der Waals surface area (Å²) in [4.78, 5) is 26.6. The number of nitrogens with zero attached hydrogens (tertiary/aromatic N) is 3. The van der Waals surface area contributed by atoms with Gasteiger partial charge in [-0.1, -0.05) is 6.07 Å². The van der Waals surface area contributed by atoms with Crippen molar-refractivity contribution in [1.82, 2.24) is 25.2 Å². The molecule has 0 aliphatic carbocycles. The van der Waals surface area contributed by atoms with Gasteiger partial charge in [0.2, 0.25) is 0 Å². The second-order valence-electron chi connectivity index (χ2n) is 6.84. The first-order valence-electron chi connectivity index (χ1n) is 9.42. The van der Waals surface area contributed by atoms with E-state index in [1.165, 1.54) is 0 Å². The van der Waals surface area contributed by atoms with Crippen molar-refractivity contribution < 1.29 is 9.53 Å². The van der Waals surface area contributed by atoms with Gasteiger partial charge >= 0.3 is 6.03 Å². The number of morpholine rings is 1. The molecule has 1 saturated heterocycles. The summed E-state index contributed by atoms with van der Waals surface area (Å²) < 4.78 is 5.46. The third-order valence-corrected chi connectivity index (χ3v) is 4.87. The fourth-order valence-corrected chi connectivity index (χ4v) is 3.50. The molecule has 0 bridgehead atoms. The van der Waals surface area contributed by atoms with Gasteiger partial charge in [-0.3, -0.25) is 9.88 Å². The number of amides is 2. The topological polar surface area (TPSA) is 95.2 Å². The van der Waals surface area contributed by atoms with Crippen LogP contribution in [0.5, 0.6) is 0 Å². The first-order chi connectivity index (χ1) is 13.7. The van der Waals surface area contributed by atoms with E-state index in [1.54, 1.807) is 6.20 Å². The molecule has 2 amide bonds. The van der Waals surface area contributed by atoms with Crippen LogP contribution in [0.4, 0.5) is 10.5 Å². The third kappa shape index (κ3) is 4.29. The smallest absolute Gasteiger partial charge is 0.319 e. The van der Waals surface area contributed by atoms with Crippen molar-refractivity contribution in [3.63, 3.8) is 0 Å². The Bertz CT molecular complexity index is 936. The number of imidazole rings is 1. The number of carbonyl (C=O) groups excluding carboxylic acids is 1. The minimum Gasteiger partial charge on any atom is -0.379 e. The Morgan fingerprint density at radius 1 is 1.32 bits per heavy atom. The zero-order chi connectivity index (χ0) is 19.3. The molecule has 1 aliphatic rings. The molecular formula is C20H24N6O2. The summed E-state index contributed by atoms with van der Waals surface area (Å²) in [5.41, 5.74) is 3.58. The van der Waals surface area contributed by atoms with Crippen LogP contribution in [-0.4, -0.2) is 58.7 Å². The SMILES string of the molecule is Cc1nc2ccc(NC(=O)NC[C@@H](c3cccnc3)N3CCOCC3)cc2[nH]1. The summed E-state index contributed by atoms with van der Waals surface area (Å²) >= 11 is 0. The number of H-pyrrole nitrogens is 1. The number of benzene rings is 1. The van der Waals surface area contributed by atoms with Crippen molar-refractivity contribution in [1.29, 1.82) is 0 Å². The molecule has 2 aromatic heterocycles. The van der Waals surface area contributed by atoms with Gasteiger partial charge in [-0.25, -0.2) is 9.78 Å². The van der Waals surface area contributed by atoms with Crippen LogP contribution in [-0.2, 0) is 4.74 Å². The van der Waals surface area contributed by atoms with Crippen molar-refractivity contribution in [3.8, 4) is 0 Å². The number of nitrogens with one attached hydrogen (secondary N) is 3. The zero-order valence-corrected chi connectivity index (χ0v) is 15.8. The van der Waals surface area contributed by atoms with E-state index in [-0.39, 0.29) is 12.1 Å². The minimum absolute atomic E-state index is 0.0566. The van der Waals surface area contributed by atoms with Crippen LogP contribution < -0.4 is 10.6 Å². The number of aromatic amines is 1. The maximum Gasteiger partial charge on any atom is 0.319 e. The standard InChI is InChI=1S/C20H24N6O2/c1-14-23-17-5-4-16(11-18(17)24-14)25-20(27)22-13-19(15-3-2-6-21-12-15)26-7-9-28-10-8-26/h2-6,11-12,19H,7-10,13H2,1H3,(H,23,24)(H2,22,25,27)/t19-/m0/s1. The first kappa shape index (κ1) is 18.4. The third-order valence-electron chi connectivity index (χ3n) is 4.87. The molecule has 8 nitrogen and oxygen atoms in total. The summed E-state index contributed by atoms with van der Waals surface area (Å²) in [6.45, 7) is 5.46. The molecule has 4 rings (SSSR count). The van der Waals surface area contributed by atoms with E-state index >= 15 is 0 Å². The fraction of sp³-hybridized carbons (Fsp3) is 0.350. The average molecular weight is 380 g/mol. The minimum atomic E-state index is -0.238. The molecule has 0 unspecified atom stereocenters. The molecule has 1 aliphatic heterocycles. The second kappa shape index (κ2) is 8.37. The van der Waals surface area contributed by atoms with Gasteiger partial charge in [0.25, 0.3) is 0 Å². The van der Waals surface area contributed by atoms with Gasteiger partial charge in [0, 0.05) is 37.7 Å². The fourth-order valence-electron chi connectivity index (χ4n) is 3.50. The molecule has 0 spiro atoms. The number of rotatable bonds is 5. The van der Waals surface area contributed by atoms with Crippen LogP contribution in [0.1, 0.15) is 17.4 Å². The number of urea groups is 1. The quantitative estimate of drug-likeness (QED) is 0.632. The molecule has 1 fully saturated rings. The van der Waals surface area contributed by atoms with Gasteiger partial charge in [0.1, 0.15) is 5.82 Å². The lowest BCUT2D eigenvalue weighted by atomic mass is 10.1. The van der Waals surface area contributed by atoms with Crippen LogP contribution in [0.2, 0.25) is 0 Å². The van der Waals surface area contributed by atoms with Crippen molar-refractivity contribution in [2.75, 3.05) is 38.2 Å². The van der Waals surface area contributed by atoms with E-state index in [1.807, 2.05) is 43.5 Å². The van der Waals surface area contributed by atoms with E-state index in [2.05, 4.69) is 30.5 Å². The number of aromatic nitrogens is 3. The predicted molar refractivity (Wildman–Crippen MR) is 107 cm³/mol. The van der Waals surface area contributed by atoms with Crippen LogP contribution in [0.15, 0.2) is 42.7 Å². The van der Waals surface area contributed by atoms with Gasteiger partial charge in [0.05, 0.1) is 30.3 Å². The monoisotopic (exact) mass is 380 g/mol. The summed E-state index contributed by atoms with van der Waals surface area (Å²) in [7, 11) is 0. The number of aryl methyl sites for hydroxylation is 1. The van der Waals surface area contributed by atoms with Crippen molar-refractivity contribution in [3.05, 3.63) is 54.1 Å². The molecule has 1 aromatic carbocycles. The summed E-state index contributed by atoms with van der Waals surface area (Å²) in [6.07, 6.45) is 3.61. The lowest BCUT2D eigenvalue weighted by Crippen LogP contribution is -2.44. The Hall–Kier alpha value is -2.97. The second-order valence-corrected chi connectivity index (χ2v) is 6.84. The number of pyridine rings is 1. The van der Waals surface area contributed by atoms with Crippen molar-refractivity contribution in [2.24, 2.45) is 0 Å². The van der Waals surface area contributed by atoms with E-state index < -0.39 is 0 Å². The molecule has 3 aromatic rings. The number of hydrogen-bond donors (Lipinski definition) is 3. The Labute approximate surface area is 163 Å². The van der Waals surface area contributed by atoms with Gasteiger partial charge in [0.15, 0.2) is 0 Å². The summed E-state index contributed by atoms with van der Waals surface area (Å²) in [6, 6.07) is 9.41. The van der Waals surface area contributed by atoms with Gasteiger partial charge in [-0.15, -0.1) is 0 Å². The van der Waals surface area contributed by atoms with Gasteiger partial charge < -0.3 is 20.4 Å². The van der Waals surface area contributed by atoms with Crippen LogP contribution in [0, 0.1) is 6.92 Å². The number of hydrogen-bond acceptors (Lipinski definition) is 5. The number of carbonyl (C=O) groups is 1. The average Bonchev–Trinajstić information content (AvgIpc) is 3.09. The molecule has 3 N–H and O–H groups in total. The zero-order valence-electron chi connectivity index (χ0n) is 15.8. The highest BCUT2D eigenvalue weighted by Gasteiger charge is 2.23. The highest BCUT2D eigenvalue weighted by Crippen LogP contribution is 2.21. The molecule has 28 heavy (non-hydrogen) atoms. The highest BCUT2D eigenvalue weighted by atomic mass is 16.5. The van der Waals surface area contributed by atoms with Crippen LogP contribution >= 0.6 is 0 Å². The molecule has 8 heteroatoms. The predicted octanol–water partition coefficient (Wildman–Crippen LogP) is 2.46. The van der Waals surface area contributed by atoms with E-state index in [9.17, 15) is 4.79 Å². The van der Waals surface area contributed by atoms with E-state index in [0.717, 1.165) is 41.2 Å². The van der Waals surface area contributed by atoms with E-state index in [0.29, 0.717) is 19.8 Å². The van der Waals surface area contributed by atoms with Crippen LogP contribution in [0.3, 0.4) is 0 Å². The summed E-state index contributed by atoms with van der Waals surface area (Å²) in [5, 5.41) is 5.89. The normalized spacial score (nSPS) is 16.0. The van der Waals surface area contributed by atoms with Crippen molar-refractivity contribution in [2.45, 2.75) is 13.0 Å². The molecule has 0 saturated carbocycles. The Morgan fingerprint density at radius 2 is 2.18 bits per heavy atom. The Balaban J connectivity index is 1.41. The highest BCUT2D eigenvalue weighted by molar-refractivity contribution is 5.91. The maximum absolute atomic E-state index is 12.5. The van der Waals surface area contributed by atoms with Crippen molar-refractivity contribution >= 4 is 22.8 Å². The van der Waals surface area contributed by atoms with Gasteiger partial charge in [-0.05, 0) is 36.8 Å². The Kier molecular flexibility index (Phi) is 5.50. The molecular weight excluding hydrogens is 356 g/mol. The Morgan fingerprint density at radius 3 is 2.96 bits per heavy atom. The number of fused-ring (bicyclic) bond motifs is 1. The lowest BCUT2D eigenvalue weighted by molar-refractivity contribution is 0.0167. The van der Waals surface area contributed by atoms with E-state index in [4.69, 9.17) is 4.74 Å². The van der Waals surface area contributed by atoms with Gasteiger partial charge in [-0.2, -0.15) is 0 Å². The first-order valence-corrected chi connectivity index (χ1v) is 9.42. The van der Waals surface area contributed by atoms with Crippen LogP contribution in [0.25, 0.3) is 11.0 Å². The molecule has 0 radical (unpaired) electrons.